The van der Waals surface area contributed by atoms with E-state index in [0.29, 0.717) is 5.75 Å². The van der Waals surface area contributed by atoms with Gasteiger partial charge in [0.25, 0.3) is 0 Å². The van der Waals surface area contributed by atoms with Gasteiger partial charge in [-0.25, -0.2) is 0 Å². The molecule has 0 bridgehead atoms. The third kappa shape index (κ3) is 5.14. The minimum atomic E-state index is -0.990. The van der Waals surface area contributed by atoms with E-state index in [0.717, 1.165) is 11.1 Å². The zero-order valence-electron chi connectivity index (χ0n) is 15.0. The van der Waals surface area contributed by atoms with E-state index >= 15 is 0 Å². The van der Waals surface area contributed by atoms with Gasteiger partial charge in [0.05, 0.1) is 13.2 Å². The van der Waals surface area contributed by atoms with Gasteiger partial charge in [0.1, 0.15) is 42.0 Å². The van der Waals surface area contributed by atoms with Crippen LogP contribution in [-0.4, -0.2) is 86.0 Å². The lowest BCUT2D eigenvalue weighted by Gasteiger charge is -2.36. The first-order chi connectivity index (χ1) is 12.4. The molecule has 2 aliphatic rings. The van der Waals surface area contributed by atoms with Crippen LogP contribution in [0.1, 0.15) is 17.4 Å². The van der Waals surface area contributed by atoms with Crippen LogP contribution in [0.25, 0.3) is 0 Å². The second-order valence-corrected chi connectivity index (χ2v) is 9.31. The van der Waals surface area contributed by atoms with Crippen LogP contribution in [0.5, 0.6) is 0 Å². The first kappa shape index (κ1) is 22.9. The highest BCUT2D eigenvalue weighted by Gasteiger charge is 2.51. The van der Waals surface area contributed by atoms with Crippen LogP contribution in [-0.2, 0) is 20.4 Å². The highest BCUT2D eigenvalue weighted by molar-refractivity contribution is 7.97. The number of aryl methyl sites for hydroxylation is 1. The second kappa shape index (κ2) is 9.87. The number of hydrogen-bond acceptors (Lipinski definition) is 7. The normalized spacial score (nSPS) is 37.6. The van der Waals surface area contributed by atoms with Gasteiger partial charge < -0.3 is 47.4 Å². The van der Waals surface area contributed by atoms with Crippen molar-refractivity contribution >= 4 is 10.9 Å². The molecule has 9 heteroatoms. The summed E-state index contributed by atoms with van der Waals surface area (Å²) in [6.45, 7) is 1.75. The van der Waals surface area contributed by atoms with E-state index in [4.69, 9.17) is 9.47 Å². The third-order valence-corrected chi connectivity index (χ3v) is 7.75. The van der Waals surface area contributed by atoms with Crippen LogP contribution in [0.3, 0.4) is 0 Å². The molecule has 1 aromatic carbocycles. The standard InChI is InChI=1S/C18H27O7S.ClH/c1-10-3-2-4-11(5-10)18-24-7-12(20)17(25-18)14(22)9-26-8-13(21)16(23)15(26)6-19;/h2-5,12-23H,6-9H2,1H3;1H/q+1;/p-1/t12-,13-,14-,15-,16+,17+,18?,26?;/m1./s1. The van der Waals surface area contributed by atoms with Crippen molar-refractivity contribution in [3.05, 3.63) is 35.4 Å². The van der Waals surface area contributed by atoms with Crippen molar-refractivity contribution in [1.82, 2.24) is 0 Å². The molecule has 27 heavy (non-hydrogen) atoms. The van der Waals surface area contributed by atoms with Gasteiger partial charge in [-0.15, -0.1) is 0 Å². The summed E-state index contributed by atoms with van der Waals surface area (Å²) < 4.78 is 11.4. The summed E-state index contributed by atoms with van der Waals surface area (Å²) in [4.78, 5) is 0. The summed E-state index contributed by atoms with van der Waals surface area (Å²) in [6, 6.07) is 7.65. The van der Waals surface area contributed by atoms with Gasteiger partial charge in [0, 0.05) is 16.5 Å². The summed E-state index contributed by atoms with van der Waals surface area (Å²) in [7, 11) is -0.563. The van der Waals surface area contributed by atoms with Crippen LogP contribution in [0.15, 0.2) is 24.3 Å². The lowest BCUT2D eigenvalue weighted by atomic mass is 10.1. The van der Waals surface area contributed by atoms with E-state index in [2.05, 4.69) is 0 Å². The molecule has 2 heterocycles. The number of benzene rings is 1. The molecule has 0 aromatic heterocycles. The Hall–Kier alpha value is -0.420. The predicted molar refractivity (Wildman–Crippen MR) is 96.7 cm³/mol. The first-order valence-corrected chi connectivity index (χ1v) is 10.4. The largest absolute Gasteiger partial charge is 1.00 e. The number of ether oxygens (including phenoxy) is 2. The fraction of sp³-hybridized carbons (Fsp3) is 0.667. The van der Waals surface area contributed by atoms with Crippen LogP contribution in [0.4, 0.5) is 0 Å². The zero-order chi connectivity index (χ0) is 18.8. The van der Waals surface area contributed by atoms with E-state index in [1.807, 2.05) is 31.2 Å². The first-order valence-electron chi connectivity index (χ1n) is 8.73. The quantitative estimate of drug-likeness (QED) is 0.306. The molecule has 0 aliphatic carbocycles. The second-order valence-electron chi connectivity index (χ2n) is 6.96. The molecule has 2 unspecified atom stereocenters. The van der Waals surface area contributed by atoms with Gasteiger partial charge in [0.15, 0.2) is 11.5 Å². The maximum Gasteiger partial charge on any atom is 0.184 e. The molecule has 0 saturated carbocycles. The van der Waals surface area contributed by atoms with E-state index in [9.17, 15) is 25.5 Å². The van der Waals surface area contributed by atoms with E-state index in [1.165, 1.54) is 0 Å². The molecule has 2 saturated heterocycles. The number of hydrogen-bond donors (Lipinski definition) is 5. The summed E-state index contributed by atoms with van der Waals surface area (Å²) in [6.07, 6.45) is -5.36. The summed E-state index contributed by atoms with van der Waals surface area (Å²) >= 11 is 0. The van der Waals surface area contributed by atoms with Crippen molar-refractivity contribution in [3.63, 3.8) is 0 Å². The van der Waals surface area contributed by atoms with Gasteiger partial charge in [-0.2, -0.15) is 0 Å². The molecule has 3 rings (SSSR count). The SMILES string of the molecule is Cc1cccc(C2OC[C@@H](O)[C@@H]([C@H](O)C[S+]3C[C@@H](O)[C@H](O)[C@H]3CO)O2)c1.[Cl-]. The molecular formula is C18H27ClO7S. The molecule has 7 nitrogen and oxygen atoms in total. The highest BCUT2D eigenvalue weighted by Crippen LogP contribution is 2.31. The zero-order valence-corrected chi connectivity index (χ0v) is 16.6. The molecule has 8 atom stereocenters. The van der Waals surface area contributed by atoms with Crippen LogP contribution < -0.4 is 12.4 Å². The summed E-state index contributed by atoms with van der Waals surface area (Å²) in [5.41, 5.74) is 1.87. The lowest BCUT2D eigenvalue weighted by Crippen LogP contribution is -3.00. The third-order valence-electron chi connectivity index (χ3n) is 4.92. The van der Waals surface area contributed by atoms with Crippen LogP contribution in [0, 0.1) is 6.92 Å². The molecule has 2 fully saturated rings. The molecule has 1 aromatic rings. The Morgan fingerprint density at radius 2 is 1.96 bits per heavy atom. The Labute approximate surface area is 167 Å². The Morgan fingerprint density at radius 1 is 1.22 bits per heavy atom. The number of aliphatic hydroxyl groups excluding tert-OH is 5. The fourth-order valence-electron chi connectivity index (χ4n) is 3.50. The Balaban J connectivity index is 0.00000261. The van der Waals surface area contributed by atoms with Gasteiger partial charge in [-0.1, -0.05) is 29.8 Å². The van der Waals surface area contributed by atoms with E-state index in [1.54, 1.807) is 0 Å². The van der Waals surface area contributed by atoms with Crippen LogP contribution >= 0.6 is 0 Å². The van der Waals surface area contributed by atoms with Gasteiger partial charge >= 0.3 is 0 Å². The van der Waals surface area contributed by atoms with Crippen LogP contribution in [0.2, 0.25) is 0 Å². The highest BCUT2D eigenvalue weighted by atomic mass is 35.5. The molecule has 0 amide bonds. The Bertz CT molecular complexity index is 607. The van der Waals surface area contributed by atoms with Crippen molar-refractivity contribution < 1.29 is 47.4 Å². The molecule has 0 spiro atoms. The van der Waals surface area contributed by atoms with Crippen molar-refractivity contribution in [2.75, 3.05) is 24.7 Å². The van der Waals surface area contributed by atoms with E-state index in [-0.39, 0.29) is 31.4 Å². The van der Waals surface area contributed by atoms with Crippen molar-refractivity contribution in [3.8, 4) is 0 Å². The van der Waals surface area contributed by atoms with Crippen molar-refractivity contribution in [2.24, 2.45) is 0 Å². The average molecular weight is 423 g/mol. The number of halogens is 1. The molecule has 5 N–H and O–H groups in total. The molecular weight excluding hydrogens is 396 g/mol. The fourth-order valence-corrected chi connectivity index (χ4v) is 6.18. The molecule has 2 aliphatic heterocycles. The molecule has 0 radical (unpaired) electrons. The predicted octanol–water partition coefficient (Wildman–Crippen LogP) is -4.15. The van der Waals surface area contributed by atoms with Crippen molar-refractivity contribution in [2.45, 2.75) is 49.0 Å². The summed E-state index contributed by atoms with van der Waals surface area (Å²) in [5, 5.41) is 49.6. The minimum absolute atomic E-state index is 0. The summed E-state index contributed by atoms with van der Waals surface area (Å²) in [5.74, 6) is 0.561. The van der Waals surface area contributed by atoms with Gasteiger partial charge in [-0.3, -0.25) is 0 Å². The van der Waals surface area contributed by atoms with Crippen molar-refractivity contribution in [1.29, 1.82) is 0 Å². The monoisotopic (exact) mass is 422 g/mol. The smallest absolute Gasteiger partial charge is 0.184 e. The minimum Gasteiger partial charge on any atom is -1.00 e. The Kier molecular flexibility index (Phi) is 8.35. The number of rotatable bonds is 5. The topological polar surface area (TPSA) is 120 Å². The maximum atomic E-state index is 10.6. The maximum absolute atomic E-state index is 10.6. The average Bonchev–Trinajstić information content (AvgIpc) is 2.88. The van der Waals surface area contributed by atoms with Gasteiger partial charge in [-0.05, 0) is 6.92 Å². The number of aliphatic hydroxyl groups is 5. The van der Waals surface area contributed by atoms with E-state index < -0.39 is 53.0 Å². The lowest BCUT2D eigenvalue weighted by molar-refractivity contribution is -0.273. The molecule has 154 valence electrons. The van der Waals surface area contributed by atoms with Gasteiger partial charge in [0.2, 0.25) is 0 Å². The Morgan fingerprint density at radius 3 is 2.63 bits per heavy atom.